The van der Waals surface area contributed by atoms with Crippen LogP contribution in [0.15, 0.2) is 28.4 Å². The number of amides is 1. The molecule has 3 aromatic rings. The number of H-pyrrole nitrogens is 1. The molecule has 0 radical (unpaired) electrons. The van der Waals surface area contributed by atoms with E-state index >= 15 is 0 Å². The van der Waals surface area contributed by atoms with Crippen LogP contribution in [0.25, 0.3) is 21.9 Å². The van der Waals surface area contributed by atoms with Crippen molar-refractivity contribution >= 4 is 51.0 Å². The van der Waals surface area contributed by atoms with E-state index in [2.05, 4.69) is 36.8 Å². The van der Waals surface area contributed by atoms with E-state index in [9.17, 15) is 18.0 Å². The van der Waals surface area contributed by atoms with E-state index in [4.69, 9.17) is 20.8 Å². The number of rotatable bonds is 10. The van der Waals surface area contributed by atoms with Gasteiger partial charge in [0, 0.05) is 17.6 Å². The van der Waals surface area contributed by atoms with Crippen LogP contribution in [0.1, 0.15) is 70.2 Å². The third-order valence-corrected chi connectivity index (χ3v) is 8.54. The molecular weight excluding hydrogens is 628 g/mol. The van der Waals surface area contributed by atoms with Crippen LogP contribution < -0.4 is 14.2 Å². The Hall–Kier alpha value is -4.91. The predicted molar refractivity (Wildman–Crippen MR) is 176 cm³/mol. The first-order valence-electron chi connectivity index (χ1n) is 15.3. The number of aromatic nitrogens is 3. The fourth-order valence-electron chi connectivity index (χ4n) is 5.95. The third kappa shape index (κ3) is 7.40. The van der Waals surface area contributed by atoms with Crippen LogP contribution in [0.2, 0.25) is 0 Å². The van der Waals surface area contributed by atoms with Gasteiger partial charge in [0.2, 0.25) is 15.9 Å². The van der Waals surface area contributed by atoms with Crippen molar-refractivity contribution in [3.63, 3.8) is 0 Å². The van der Waals surface area contributed by atoms with Crippen molar-refractivity contribution in [1.82, 2.24) is 19.7 Å². The number of fused-ring (bicyclic) bond motifs is 1. The number of ether oxygens (including phenoxy) is 3. The van der Waals surface area contributed by atoms with Crippen molar-refractivity contribution in [2.75, 3.05) is 18.1 Å². The molecule has 1 amide bonds. The van der Waals surface area contributed by atoms with Crippen LogP contribution in [0.3, 0.4) is 0 Å². The van der Waals surface area contributed by atoms with Crippen LogP contribution in [-0.4, -0.2) is 71.6 Å². The topological polar surface area (TPSA) is 173 Å². The summed E-state index contributed by atoms with van der Waals surface area (Å²) in [5.74, 6) is -0.0000530. The maximum atomic E-state index is 14.0. The fraction of sp³-hybridized carbons (Fsp3) is 0.484. The first kappa shape index (κ1) is 33.5. The number of aromatic amines is 1. The SMILES string of the molecule is [C-]#[N+]c1c(C(=O)OC2C(C)CC(C)CC2C)c2nc(-c3cc(NS(C)(=O)=O)ccc3OC)[nH]n2c1OC(=O)N(N=C1CC1)/N=C\CC. The minimum atomic E-state index is -3.61. The molecule has 0 aliphatic heterocycles. The Balaban J connectivity index is 1.64. The van der Waals surface area contributed by atoms with E-state index in [0.29, 0.717) is 23.7 Å². The zero-order valence-corrected chi connectivity index (χ0v) is 27.9. The number of nitrogens with one attached hydrogen (secondary N) is 2. The molecule has 1 aromatic carbocycles. The number of nitrogens with zero attached hydrogens (tertiary/aromatic N) is 6. The van der Waals surface area contributed by atoms with E-state index < -0.39 is 28.2 Å². The molecule has 2 heterocycles. The molecule has 15 nitrogen and oxygen atoms in total. The fourth-order valence-corrected chi connectivity index (χ4v) is 6.50. The maximum absolute atomic E-state index is 14.0. The Bertz CT molecular complexity index is 1890. The summed E-state index contributed by atoms with van der Waals surface area (Å²) in [7, 11) is -2.17. The second kappa shape index (κ2) is 13.4. The Morgan fingerprint density at radius 2 is 1.94 bits per heavy atom. The van der Waals surface area contributed by atoms with Crippen molar-refractivity contribution < 1.29 is 32.2 Å². The molecule has 2 aliphatic carbocycles. The number of carbonyl (C=O) groups excluding carboxylic acids is 2. The van der Waals surface area contributed by atoms with Crippen LogP contribution in [0.4, 0.5) is 16.2 Å². The minimum absolute atomic E-state index is 0.0380. The first-order valence-corrected chi connectivity index (χ1v) is 17.2. The van der Waals surface area contributed by atoms with Gasteiger partial charge >= 0.3 is 12.1 Å². The van der Waals surface area contributed by atoms with Crippen LogP contribution in [-0.2, 0) is 14.8 Å². The van der Waals surface area contributed by atoms with Gasteiger partial charge in [-0.1, -0.05) is 32.8 Å². The summed E-state index contributed by atoms with van der Waals surface area (Å²) in [4.78, 5) is 35.6. The molecule has 250 valence electrons. The number of sulfonamides is 1. The van der Waals surface area contributed by atoms with Gasteiger partial charge in [0.1, 0.15) is 17.4 Å². The van der Waals surface area contributed by atoms with Crippen molar-refractivity contribution in [1.29, 1.82) is 0 Å². The lowest BCUT2D eigenvalue weighted by Gasteiger charge is -2.37. The molecular formula is C31H38N8O7S. The lowest BCUT2D eigenvalue weighted by Crippen LogP contribution is -2.37. The maximum Gasteiger partial charge on any atom is 0.457 e. The summed E-state index contributed by atoms with van der Waals surface area (Å²) >= 11 is 0. The number of hydrogen-bond acceptors (Lipinski definition) is 10. The Morgan fingerprint density at radius 1 is 1.23 bits per heavy atom. The monoisotopic (exact) mass is 666 g/mol. The highest BCUT2D eigenvalue weighted by Gasteiger charge is 2.38. The van der Waals surface area contributed by atoms with E-state index in [-0.39, 0.29) is 46.1 Å². The van der Waals surface area contributed by atoms with E-state index in [1.807, 2.05) is 20.8 Å². The molecule has 2 atom stereocenters. The molecule has 2 saturated carbocycles. The number of carbonyl (C=O) groups is 2. The zero-order valence-electron chi connectivity index (χ0n) is 27.1. The highest BCUT2D eigenvalue weighted by Crippen LogP contribution is 2.42. The summed E-state index contributed by atoms with van der Waals surface area (Å²) in [6, 6.07) is 4.57. The Kier molecular flexibility index (Phi) is 9.57. The highest BCUT2D eigenvalue weighted by molar-refractivity contribution is 7.92. The summed E-state index contributed by atoms with van der Waals surface area (Å²) in [5, 5.41) is 12.1. The number of hydrogen-bond donors (Lipinski definition) is 2. The quantitative estimate of drug-likeness (QED) is 0.118. The summed E-state index contributed by atoms with van der Waals surface area (Å²) in [5.41, 5.74) is 0.804. The first-order chi connectivity index (χ1) is 22.3. The second-order valence-corrected chi connectivity index (χ2v) is 13.8. The van der Waals surface area contributed by atoms with Crippen molar-refractivity contribution in [3.05, 3.63) is 35.2 Å². The predicted octanol–water partition coefficient (Wildman–Crippen LogP) is 5.83. The summed E-state index contributed by atoms with van der Waals surface area (Å²) in [6.07, 6.45) is 4.85. The highest BCUT2D eigenvalue weighted by atomic mass is 32.2. The summed E-state index contributed by atoms with van der Waals surface area (Å²) in [6.45, 7) is 16.1. The van der Waals surface area contributed by atoms with Gasteiger partial charge in [0.15, 0.2) is 11.5 Å². The molecule has 47 heavy (non-hydrogen) atoms. The molecule has 2 aromatic heterocycles. The lowest BCUT2D eigenvalue weighted by molar-refractivity contribution is -0.0249. The van der Waals surface area contributed by atoms with E-state index in [0.717, 1.165) is 42.8 Å². The standard InChI is InChI=1S/C31H38N8O7S/c1-8-13-33-39(35-20-9-10-20)31(41)46-29-25(32-5)24(30(40)45-26-18(3)14-17(2)15-19(26)4)28-34-27(36-38(28)29)22-16-21(37-47(7,42)43)11-12-23(22)44-6/h11-13,16-19,26,37H,8-10,14-15H2,1-4,6-7H3,(H,34,36)/b33-13-. The number of hydrazone groups is 2. The molecule has 2 unspecified atom stereocenters. The lowest BCUT2D eigenvalue weighted by atomic mass is 9.75. The van der Waals surface area contributed by atoms with Gasteiger partial charge < -0.3 is 14.2 Å². The average molecular weight is 667 g/mol. The molecule has 0 spiro atoms. The normalized spacial score (nSPS) is 20.9. The molecule has 2 fully saturated rings. The minimum Gasteiger partial charge on any atom is -0.496 e. The van der Waals surface area contributed by atoms with Crippen molar-refractivity contribution in [3.8, 4) is 23.0 Å². The van der Waals surface area contributed by atoms with Gasteiger partial charge in [-0.25, -0.2) is 32.4 Å². The largest absolute Gasteiger partial charge is 0.496 e. The number of benzene rings is 1. The molecule has 5 rings (SSSR count). The number of methoxy groups -OCH3 is 1. The average Bonchev–Trinajstić information content (AvgIpc) is 3.65. The second-order valence-electron chi connectivity index (χ2n) is 12.1. The molecule has 2 N–H and O–H groups in total. The van der Waals surface area contributed by atoms with E-state index in [1.165, 1.54) is 30.0 Å². The van der Waals surface area contributed by atoms with Crippen molar-refractivity contribution in [2.45, 2.75) is 65.9 Å². The summed E-state index contributed by atoms with van der Waals surface area (Å²) < 4.78 is 44.8. The molecule has 0 bridgehead atoms. The van der Waals surface area contributed by atoms with E-state index in [1.54, 1.807) is 6.07 Å². The van der Waals surface area contributed by atoms with Crippen LogP contribution >= 0.6 is 0 Å². The number of esters is 1. The van der Waals surface area contributed by atoms with Gasteiger partial charge in [-0.15, -0.1) is 0 Å². The van der Waals surface area contributed by atoms with Crippen molar-refractivity contribution in [2.24, 2.45) is 28.0 Å². The third-order valence-electron chi connectivity index (χ3n) is 7.93. The van der Waals surface area contributed by atoms with Crippen LogP contribution in [0, 0.1) is 24.3 Å². The molecule has 2 aliphatic rings. The molecule has 16 heteroatoms. The van der Waals surface area contributed by atoms with Gasteiger partial charge in [-0.2, -0.15) is 10.2 Å². The number of anilines is 1. The molecule has 0 saturated heterocycles. The zero-order chi connectivity index (χ0) is 34.0. The Morgan fingerprint density at radius 3 is 2.53 bits per heavy atom. The Labute approximate surface area is 272 Å². The van der Waals surface area contributed by atoms with Gasteiger partial charge in [0.05, 0.1) is 25.5 Å². The van der Waals surface area contributed by atoms with Gasteiger partial charge in [-0.3, -0.25) is 9.82 Å². The van der Waals surface area contributed by atoms with Gasteiger partial charge in [-0.05, 0) is 68.1 Å². The van der Waals surface area contributed by atoms with Crippen LogP contribution in [0.5, 0.6) is 11.6 Å². The van der Waals surface area contributed by atoms with Gasteiger partial charge in [0.25, 0.3) is 5.69 Å². The smallest absolute Gasteiger partial charge is 0.457 e.